The zero-order valence-electron chi connectivity index (χ0n) is 15.4. The van der Waals surface area contributed by atoms with Crippen LogP contribution in [-0.4, -0.2) is 42.4 Å². The average molecular weight is 386 g/mol. The summed E-state index contributed by atoms with van der Waals surface area (Å²) < 4.78 is 0. The van der Waals surface area contributed by atoms with Crippen LogP contribution in [0.1, 0.15) is 27.9 Å². The SMILES string of the molecule is Cc1cccc(C(=O)NCC(=O)N[C@@H]2CCN(Cc3ccc(Cl)cc3)C2)c1. The zero-order valence-corrected chi connectivity index (χ0v) is 16.1. The first-order chi connectivity index (χ1) is 13.0. The summed E-state index contributed by atoms with van der Waals surface area (Å²) in [6.45, 7) is 4.50. The molecule has 0 spiro atoms. The van der Waals surface area contributed by atoms with Gasteiger partial charge >= 0.3 is 0 Å². The summed E-state index contributed by atoms with van der Waals surface area (Å²) in [5, 5.41) is 6.42. The van der Waals surface area contributed by atoms with Crippen LogP contribution in [0.5, 0.6) is 0 Å². The molecule has 1 aliphatic rings. The molecule has 5 nitrogen and oxygen atoms in total. The van der Waals surface area contributed by atoms with Crippen LogP contribution in [0.2, 0.25) is 5.02 Å². The minimum absolute atomic E-state index is 0.0134. The average Bonchev–Trinajstić information content (AvgIpc) is 3.08. The molecule has 0 radical (unpaired) electrons. The Kier molecular flexibility index (Phi) is 6.48. The minimum atomic E-state index is -0.232. The number of amides is 2. The predicted octanol–water partition coefficient (Wildman–Crippen LogP) is 2.77. The number of carbonyl (C=O) groups excluding carboxylic acids is 2. The van der Waals surface area contributed by atoms with Crippen LogP contribution in [0.25, 0.3) is 0 Å². The number of hydrogen-bond donors (Lipinski definition) is 2. The van der Waals surface area contributed by atoms with Gasteiger partial charge in [-0.15, -0.1) is 0 Å². The quantitative estimate of drug-likeness (QED) is 0.803. The molecule has 3 rings (SSSR count). The van der Waals surface area contributed by atoms with Crippen LogP contribution in [-0.2, 0) is 11.3 Å². The Balaban J connectivity index is 1.41. The summed E-state index contributed by atoms with van der Waals surface area (Å²) in [5.74, 6) is -0.390. The number of rotatable bonds is 6. The molecule has 0 unspecified atom stereocenters. The van der Waals surface area contributed by atoms with Gasteiger partial charge in [0.1, 0.15) is 0 Å². The first kappa shape index (κ1) is 19.4. The molecule has 2 amide bonds. The van der Waals surface area contributed by atoms with E-state index in [1.807, 2.05) is 43.3 Å². The van der Waals surface area contributed by atoms with Crippen molar-refractivity contribution in [3.05, 3.63) is 70.2 Å². The van der Waals surface area contributed by atoms with Gasteiger partial charge in [0.2, 0.25) is 5.91 Å². The van der Waals surface area contributed by atoms with Gasteiger partial charge in [-0.05, 0) is 43.2 Å². The molecule has 0 aliphatic carbocycles. The summed E-state index contributed by atoms with van der Waals surface area (Å²) in [5.41, 5.74) is 2.79. The van der Waals surface area contributed by atoms with E-state index in [1.54, 1.807) is 12.1 Å². The lowest BCUT2D eigenvalue weighted by Gasteiger charge is -2.17. The Bertz CT molecular complexity index is 807. The maximum Gasteiger partial charge on any atom is 0.251 e. The largest absolute Gasteiger partial charge is 0.350 e. The van der Waals surface area contributed by atoms with Gasteiger partial charge in [-0.3, -0.25) is 14.5 Å². The molecule has 0 saturated carbocycles. The Morgan fingerprint density at radius 3 is 2.70 bits per heavy atom. The highest BCUT2D eigenvalue weighted by Gasteiger charge is 2.23. The van der Waals surface area contributed by atoms with Crippen molar-refractivity contribution in [2.24, 2.45) is 0 Å². The fourth-order valence-corrected chi connectivity index (χ4v) is 3.40. The summed E-state index contributed by atoms with van der Waals surface area (Å²) in [6.07, 6.45) is 0.908. The number of halogens is 1. The molecule has 1 heterocycles. The lowest BCUT2D eigenvalue weighted by Crippen LogP contribution is -2.43. The highest BCUT2D eigenvalue weighted by atomic mass is 35.5. The second kappa shape index (κ2) is 9.02. The first-order valence-electron chi connectivity index (χ1n) is 9.10. The Hall–Kier alpha value is -2.37. The van der Waals surface area contributed by atoms with E-state index in [0.717, 1.165) is 36.6 Å². The number of carbonyl (C=O) groups is 2. The van der Waals surface area contributed by atoms with Gasteiger partial charge in [-0.1, -0.05) is 41.4 Å². The highest BCUT2D eigenvalue weighted by molar-refractivity contribution is 6.30. The van der Waals surface area contributed by atoms with Crippen LogP contribution >= 0.6 is 11.6 Å². The van der Waals surface area contributed by atoms with Crippen molar-refractivity contribution in [1.82, 2.24) is 15.5 Å². The van der Waals surface area contributed by atoms with Crippen molar-refractivity contribution in [2.45, 2.75) is 25.9 Å². The van der Waals surface area contributed by atoms with Gasteiger partial charge in [0.15, 0.2) is 0 Å². The van der Waals surface area contributed by atoms with Crippen molar-refractivity contribution in [2.75, 3.05) is 19.6 Å². The lowest BCUT2D eigenvalue weighted by atomic mass is 10.1. The predicted molar refractivity (Wildman–Crippen MR) is 107 cm³/mol. The minimum Gasteiger partial charge on any atom is -0.350 e. The maximum atomic E-state index is 12.1. The lowest BCUT2D eigenvalue weighted by molar-refractivity contribution is -0.120. The Labute approximate surface area is 164 Å². The summed E-state index contributed by atoms with van der Waals surface area (Å²) >= 11 is 5.92. The summed E-state index contributed by atoms with van der Waals surface area (Å²) in [7, 11) is 0. The second-order valence-electron chi connectivity index (χ2n) is 6.97. The first-order valence-corrected chi connectivity index (χ1v) is 9.48. The molecule has 2 N–H and O–H groups in total. The van der Waals surface area contributed by atoms with Crippen molar-refractivity contribution in [3.63, 3.8) is 0 Å². The molecule has 0 aromatic heterocycles. The molecular formula is C21H24ClN3O2. The highest BCUT2D eigenvalue weighted by Crippen LogP contribution is 2.15. The van der Waals surface area contributed by atoms with E-state index in [2.05, 4.69) is 15.5 Å². The third-order valence-corrected chi connectivity index (χ3v) is 4.90. The zero-order chi connectivity index (χ0) is 19.2. The Morgan fingerprint density at radius 2 is 1.96 bits per heavy atom. The van der Waals surface area contributed by atoms with E-state index in [-0.39, 0.29) is 24.4 Å². The van der Waals surface area contributed by atoms with Gasteiger partial charge in [-0.25, -0.2) is 0 Å². The van der Waals surface area contributed by atoms with Gasteiger partial charge in [-0.2, -0.15) is 0 Å². The van der Waals surface area contributed by atoms with E-state index < -0.39 is 0 Å². The fraction of sp³-hybridized carbons (Fsp3) is 0.333. The third kappa shape index (κ3) is 5.81. The number of likely N-dealkylation sites (tertiary alicyclic amines) is 1. The summed E-state index contributed by atoms with van der Waals surface area (Å²) in [6, 6.07) is 15.2. The monoisotopic (exact) mass is 385 g/mol. The van der Waals surface area contributed by atoms with Crippen molar-refractivity contribution in [3.8, 4) is 0 Å². The van der Waals surface area contributed by atoms with E-state index in [0.29, 0.717) is 5.56 Å². The molecule has 2 aromatic rings. The normalized spacial score (nSPS) is 16.9. The van der Waals surface area contributed by atoms with Crippen LogP contribution in [0.3, 0.4) is 0 Å². The number of benzene rings is 2. The number of nitrogens with one attached hydrogen (secondary N) is 2. The van der Waals surface area contributed by atoms with Gasteiger partial charge in [0.05, 0.1) is 6.54 Å². The molecule has 1 atom stereocenters. The smallest absolute Gasteiger partial charge is 0.251 e. The third-order valence-electron chi connectivity index (χ3n) is 4.65. The molecule has 6 heteroatoms. The van der Waals surface area contributed by atoms with Gasteiger partial charge in [0.25, 0.3) is 5.91 Å². The van der Waals surface area contributed by atoms with Gasteiger partial charge in [0, 0.05) is 36.3 Å². The van der Waals surface area contributed by atoms with Crippen LogP contribution in [0.15, 0.2) is 48.5 Å². The van der Waals surface area contributed by atoms with Crippen molar-refractivity contribution in [1.29, 1.82) is 0 Å². The van der Waals surface area contributed by atoms with E-state index in [4.69, 9.17) is 11.6 Å². The molecular weight excluding hydrogens is 362 g/mol. The van der Waals surface area contributed by atoms with Crippen molar-refractivity contribution >= 4 is 23.4 Å². The van der Waals surface area contributed by atoms with E-state index >= 15 is 0 Å². The molecule has 27 heavy (non-hydrogen) atoms. The van der Waals surface area contributed by atoms with Crippen molar-refractivity contribution < 1.29 is 9.59 Å². The fourth-order valence-electron chi connectivity index (χ4n) is 3.27. The van der Waals surface area contributed by atoms with E-state index in [9.17, 15) is 9.59 Å². The molecule has 142 valence electrons. The number of hydrogen-bond acceptors (Lipinski definition) is 3. The van der Waals surface area contributed by atoms with Crippen LogP contribution < -0.4 is 10.6 Å². The van der Waals surface area contributed by atoms with Crippen LogP contribution in [0, 0.1) is 6.92 Å². The molecule has 1 aliphatic heterocycles. The number of nitrogens with zero attached hydrogens (tertiary/aromatic N) is 1. The topological polar surface area (TPSA) is 61.4 Å². The van der Waals surface area contributed by atoms with Gasteiger partial charge < -0.3 is 10.6 Å². The molecule has 1 saturated heterocycles. The molecule has 0 bridgehead atoms. The Morgan fingerprint density at radius 1 is 1.19 bits per heavy atom. The van der Waals surface area contributed by atoms with Crippen LogP contribution in [0.4, 0.5) is 0 Å². The standard InChI is InChI=1S/C21H24ClN3O2/c1-15-3-2-4-17(11-15)21(27)23-12-20(26)24-19-9-10-25(14-19)13-16-5-7-18(22)8-6-16/h2-8,11,19H,9-10,12-14H2,1H3,(H,23,27)(H,24,26)/t19-/m1/s1. The van der Waals surface area contributed by atoms with E-state index in [1.165, 1.54) is 5.56 Å². The molecule has 2 aromatic carbocycles. The second-order valence-corrected chi connectivity index (χ2v) is 7.40. The number of aryl methyl sites for hydroxylation is 1. The maximum absolute atomic E-state index is 12.1. The summed E-state index contributed by atoms with van der Waals surface area (Å²) in [4.78, 5) is 26.6. The molecule has 1 fully saturated rings.